The Hall–Kier alpha value is 0.177. The SMILES string of the molecule is CCCC(C(C)(C)C)C(C)(C)C(C)(C)CO[SiH3]. The van der Waals surface area contributed by atoms with Crippen LogP contribution in [-0.4, -0.2) is 17.1 Å². The zero-order valence-electron chi connectivity index (χ0n) is 13.6. The summed E-state index contributed by atoms with van der Waals surface area (Å²) in [6.45, 7) is 19.9. The second-order valence-corrected chi connectivity index (χ2v) is 8.32. The maximum absolute atomic E-state index is 5.57. The molecule has 17 heavy (non-hydrogen) atoms. The molecule has 0 saturated heterocycles. The van der Waals surface area contributed by atoms with E-state index in [4.69, 9.17) is 4.43 Å². The minimum absolute atomic E-state index is 0.238. The zero-order chi connectivity index (χ0) is 13.9. The minimum Gasteiger partial charge on any atom is -0.427 e. The van der Waals surface area contributed by atoms with Crippen molar-refractivity contribution in [3.8, 4) is 0 Å². The summed E-state index contributed by atoms with van der Waals surface area (Å²) in [6.07, 6.45) is 2.57. The van der Waals surface area contributed by atoms with Gasteiger partial charge in [0.05, 0.1) is 0 Å². The van der Waals surface area contributed by atoms with Crippen molar-refractivity contribution in [2.75, 3.05) is 6.61 Å². The lowest BCUT2D eigenvalue weighted by atomic mass is 9.54. The molecule has 0 spiro atoms. The van der Waals surface area contributed by atoms with E-state index in [2.05, 4.69) is 55.4 Å². The van der Waals surface area contributed by atoms with Crippen LogP contribution in [0.4, 0.5) is 0 Å². The topological polar surface area (TPSA) is 9.23 Å². The Labute approximate surface area is 112 Å². The third-order valence-electron chi connectivity index (χ3n) is 4.74. The van der Waals surface area contributed by atoms with E-state index in [1.54, 1.807) is 0 Å². The van der Waals surface area contributed by atoms with E-state index >= 15 is 0 Å². The van der Waals surface area contributed by atoms with Gasteiger partial charge in [0, 0.05) is 6.61 Å². The van der Waals surface area contributed by atoms with Gasteiger partial charge in [-0.1, -0.05) is 61.8 Å². The number of rotatable bonds is 6. The van der Waals surface area contributed by atoms with E-state index in [1.807, 2.05) is 0 Å². The molecule has 0 N–H and O–H groups in total. The van der Waals surface area contributed by atoms with Crippen molar-refractivity contribution in [1.82, 2.24) is 0 Å². The first-order valence-electron chi connectivity index (χ1n) is 6.99. The Kier molecular flexibility index (Phi) is 5.94. The van der Waals surface area contributed by atoms with Crippen LogP contribution < -0.4 is 0 Å². The van der Waals surface area contributed by atoms with Crippen LogP contribution in [0.2, 0.25) is 0 Å². The van der Waals surface area contributed by atoms with Gasteiger partial charge in [-0.05, 0) is 28.6 Å². The second kappa shape index (κ2) is 5.88. The highest BCUT2D eigenvalue weighted by Crippen LogP contribution is 2.52. The van der Waals surface area contributed by atoms with Gasteiger partial charge in [0.2, 0.25) is 0 Å². The van der Waals surface area contributed by atoms with Crippen molar-refractivity contribution in [2.45, 2.75) is 68.2 Å². The van der Waals surface area contributed by atoms with Crippen molar-refractivity contribution in [3.63, 3.8) is 0 Å². The minimum atomic E-state index is 0.238. The van der Waals surface area contributed by atoms with Crippen molar-refractivity contribution in [1.29, 1.82) is 0 Å². The molecule has 2 heteroatoms. The average Bonchev–Trinajstić information content (AvgIpc) is 2.11. The van der Waals surface area contributed by atoms with Gasteiger partial charge >= 0.3 is 0 Å². The van der Waals surface area contributed by atoms with Gasteiger partial charge in [-0.2, -0.15) is 0 Å². The summed E-state index contributed by atoms with van der Waals surface area (Å²) in [5.74, 6) is 0.729. The Morgan fingerprint density at radius 3 is 1.76 bits per heavy atom. The summed E-state index contributed by atoms with van der Waals surface area (Å²) in [5, 5.41) is 0. The summed E-state index contributed by atoms with van der Waals surface area (Å²) in [7, 11) is 0.841. The summed E-state index contributed by atoms with van der Waals surface area (Å²) >= 11 is 0. The molecule has 0 amide bonds. The van der Waals surface area contributed by atoms with Crippen LogP contribution in [0.5, 0.6) is 0 Å². The molecule has 1 atom stereocenters. The first-order chi connectivity index (χ1) is 7.50. The van der Waals surface area contributed by atoms with Crippen LogP contribution in [0.25, 0.3) is 0 Å². The smallest absolute Gasteiger partial charge is 0.145 e. The van der Waals surface area contributed by atoms with Gasteiger partial charge in [0.25, 0.3) is 0 Å². The van der Waals surface area contributed by atoms with E-state index in [0.717, 1.165) is 23.0 Å². The summed E-state index contributed by atoms with van der Waals surface area (Å²) in [6, 6.07) is 0. The molecule has 0 aromatic rings. The average molecular weight is 259 g/mol. The standard InChI is InChI=1S/C15H34OSi/c1-9-10-12(13(2,3)4)15(7,8)14(5,6)11-16-17/h12H,9-11H2,1-8,17H3. The molecule has 1 unspecified atom stereocenters. The normalized spacial score (nSPS) is 16.2. The van der Waals surface area contributed by atoms with Gasteiger partial charge < -0.3 is 4.43 Å². The molecule has 0 aromatic carbocycles. The lowest BCUT2D eigenvalue weighted by molar-refractivity contribution is -0.0461. The summed E-state index contributed by atoms with van der Waals surface area (Å²) in [4.78, 5) is 0. The lowest BCUT2D eigenvalue weighted by Gasteiger charge is -2.52. The van der Waals surface area contributed by atoms with Crippen molar-refractivity contribution in [3.05, 3.63) is 0 Å². The Morgan fingerprint density at radius 1 is 1.00 bits per heavy atom. The molecule has 1 nitrogen and oxygen atoms in total. The van der Waals surface area contributed by atoms with E-state index in [1.165, 1.54) is 12.8 Å². The maximum atomic E-state index is 5.57. The lowest BCUT2D eigenvalue weighted by Crippen LogP contribution is -2.46. The molecule has 0 radical (unpaired) electrons. The highest BCUT2D eigenvalue weighted by molar-refractivity contribution is 5.97. The van der Waals surface area contributed by atoms with Crippen LogP contribution >= 0.6 is 0 Å². The molecule has 0 bridgehead atoms. The monoisotopic (exact) mass is 258 g/mol. The molecule has 0 aliphatic carbocycles. The quantitative estimate of drug-likeness (QED) is 0.659. The Balaban J connectivity index is 5.21. The Morgan fingerprint density at radius 2 is 1.47 bits per heavy atom. The van der Waals surface area contributed by atoms with Crippen molar-refractivity contribution in [2.24, 2.45) is 22.2 Å². The van der Waals surface area contributed by atoms with Crippen LogP contribution in [-0.2, 0) is 4.43 Å². The highest BCUT2D eigenvalue weighted by Gasteiger charge is 2.46. The predicted octanol–water partition coefficient (Wildman–Crippen LogP) is 3.80. The van der Waals surface area contributed by atoms with E-state index in [0.29, 0.717) is 10.8 Å². The van der Waals surface area contributed by atoms with Gasteiger partial charge in [-0.15, -0.1) is 0 Å². The first kappa shape index (κ1) is 17.2. The molecule has 0 saturated carbocycles. The third-order valence-corrected chi connectivity index (χ3v) is 5.03. The summed E-state index contributed by atoms with van der Waals surface area (Å²) in [5.41, 5.74) is 0.898. The van der Waals surface area contributed by atoms with E-state index < -0.39 is 0 Å². The van der Waals surface area contributed by atoms with Crippen molar-refractivity contribution >= 4 is 10.5 Å². The molecule has 0 aliphatic heterocycles. The third kappa shape index (κ3) is 4.10. The fraction of sp³-hybridized carbons (Fsp3) is 1.00. The molecule has 0 heterocycles. The Bertz CT molecular complexity index is 226. The molecule has 0 aromatic heterocycles. The van der Waals surface area contributed by atoms with E-state index in [9.17, 15) is 0 Å². The van der Waals surface area contributed by atoms with E-state index in [-0.39, 0.29) is 5.41 Å². The number of hydrogen-bond donors (Lipinski definition) is 0. The summed E-state index contributed by atoms with van der Waals surface area (Å²) < 4.78 is 5.57. The van der Waals surface area contributed by atoms with Gasteiger partial charge in [0.15, 0.2) is 0 Å². The first-order valence-corrected chi connectivity index (χ1v) is 7.81. The second-order valence-electron chi connectivity index (χ2n) is 7.75. The van der Waals surface area contributed by atoms with Crippen LogP contribution in [0.3, 0.4) is 0 Å². The highest BCUT2D eigenvalue weighted by atomic mass is 28.2. The number of hydrogen-bond acceptors (Lipinski definition) is 1. The molecule has 0 aliphatic rings. The fourth-order valence-corrected chi connectivity index (χ4v) is 3.91. The van der Waals surface area contributed by atoms with Crippen molar-refractivity contribution < 1.29 is 4.43 Å². The van der Waals surface area contributed by atoms with Crippen LogP contribution in [0.15, 0.2) is 0 Å². The van der Waals surface area contributed by atoms with Crippen LogP contribution in [0.1, 0.15) is 68.2 Å². The fourth-order valence-electron chi connectivity index (χ4n) is 3.18. The van der Waals surface area contributed by atoms with Gasteiger partial charge in [-0.25, -0.2) is 0 Å². The molecule has 104 valence electrons. The maximum Gasteiger partial charge on any atom is 0.145 e. The molecular formula is C15H34OSi. The largest absolute Gasteiger partial charge is 0.427 e. The molecular weight excluding hydrogens is 224 g/mol. The molecule has 0 rings (SSSR count). The van der Waals surface area contributed by atoms with Gasteiger partial charge in [-0.3, -0.25) is 0 Å². The molecule has 0 fully saturated rings. The predicted molar refractivity (Wildman–Crippen MR) is 81.3 cm³/mol. The van der Waals surface area contributed by atoms with Crippen LogP contribution in [0, 0.1) is 22.2 Å². The van der Waals surface area contributed by atoms with Gasteiger partial charge in [0.1, 0.15) is 10.5 Å². The zero-order valence-corrected chi connectivity index (χ0v) is 15.6.